The van der Waals surface area contributed by atoms with Gasteiger partial charge >= 0.3 is 0 Å². The molecule has 0 saturated carbocycles. The molecule has 1 N–H and O–H groups in total. The number of benzene rings is 2. The van der Waals surface area contributed by atoms with Gasteiger partial charge in [-0.05, 0) is 43.2 Å². The van der Waals surface area contributed by atoms with E-state index in [0.717, 1.165) is 22.4 Å². The van der Waals surface area contributed by atoms with Crippen LogP contribution in [0.15, 0.2) is 36.4 Å². The summed E-state index contributed by atoms with van der Waals surface area (Å²) in [5, 5.41) is 3.21. The van der Waals surface area contributed by atoms with E-state index in [0.29, 0.717) is 17.4 Å². The van der Waals surface area contributed by atoms with Crippen molar-refractivity contribution >= 4 is 17.5 Å². The van der Waals surface area contributed by atoms with Crippen LogP contribution < -0.4 is 14.8 Å². The SMILES string of the molecule is CCOc1cccc(CC(=O)NC)c1COc1ccc(C)cc1Cl. The number of rotatable bonds is 7. The molecule has 0 aromatic heterocycles. The largest absolute Gasteiger partial charge is 0.493 e. The summed E-state index contributed by atoms with van der Waals surface area (Å²) in [5.74, 6) is 1.28. The molecule has 0 heterocycles. The summed E-state index contributed by atoms with van der Waals surface area (Å²) in [6.07, 6.45) is 0.276. The molecule has 0 unspecified atom stereocenters. The average Bonchev–Trinajstić information content (AvgIpc) is 2.56. The Balaban J connectivity index is 2.26. The Labute approximate surface area is 147 Å². The summed E-state index contributed by atoms with van der Waals surface area (Å²) in [5.41, 5.74) is 2.81. The van der Waals surface area contributed by atoms with Gasteiger partial charge in [0.15, 0.2) is 0 Å². The molecular weight excluding hydrogens is 326 g/mol. The minimum atomic E-state index is -0.0572. The highest BCUT2D eigenvalue weighted by molar-refractivity contribution is 6.32. The number of nitrogens with one attached hydrogen (secondary N) is 1. The molecular formula is C19H22ClNO3. The molecule has 2 aromatic carbocycles. The van der Waals surface area contributed by atoms with Gasteiger partial charge in [-0.1, -0.05) is 29.8 Å². The minimum Gasteiger partial charge on any atom is -0.493 e. The summed E-state index contributed by atoms with van der Waals surface area (Å²) in [6, 6.07) is 11.3. The fraction of sp³-hybridized carbons (Fsp3) is 0.316. The van der Waals surface area contributed by atoms with E-state index in [2.05, 4.69) is 5.32 Å². The molecule has 0 atom stereocenters. The zero-order valence-electron chi connectivity index (χ0n) is 14.2. The van der Waals surface area contributed by atoms with Crippen LogP contribution in [0.1, 0.15) is 23.6 Å². The van der Waals surface area contributed by atoms with Crippen molar-refractivity contribution in [2.75, 3.05) is 13.7 Å². The molecule has 128 valence electrons. The van der Waals surface area contributed by atoms with Crippen molar-refractivity contribution in [3.63, 3.8) is 0 Å². The van der Waals surface area contributed by atoms with Crippen molar-refractivity contribution in [1.29, 1.82) is 0 Å². The van der Waals surface area contributed by atoms with E-state index in [1.54, 1.807) is 7.05 Å². The molecule has 0 bridgehead atoms. The van der Waals surface area contributed by atoms with Crippen molar-refractivity contribution in [1.82, 2.24) is 5.32 Å². The second kappa shape index (κ2) is 8.60. The van der Waals surface area contributed by atoms with Crippen molar-refractivity contribution in [3.05, 3.63) is 58.1 Å². The van der Waals surface area contributed by atoms with Gasteiger partial charge in [0.1, 0.15) is 18.1 Å². The highest BCUT2D eigenvalue weighted by atomic mass is 35.5. The van der Waals surface area contributed by atoms with Gasteiger partial charge in [-0.15, -0.1) is 0 Å². The number of carbonyl (C=O) groups is 1. The van der Waals surface area contributed by atoms with Crippen LogP contribution >= 0.6 is 11.6 Å². The quantitative estimate of drug-likeness (QED) is 0.826. The molecule has 2 aromatic rings. The molecule has 0 aliphatic rings. The molecule has 0 saturated heterocycles. The van der Waals surface area contributed by atoms with Crippen LogP contribution in [0.2, 0.25) is 5.02 Å². The van der Waals surface area contributed by atoms with Crippen molar-refractivity contribution in [2.24, 2.45) is 0 Å². The first kappa shape index (κ1) is 18.1. The van der Waals surface area contributed by atoms with Gasteiger partial charge in [-0.2, -0.15) is 0 Å². The summed E-state index contributed by atoms with van der Waals surface area (Å²) < 4.78 is 11.6. The monoisotopic (exact) mass is 347 g/mol. The first-order valence-corrected chi connectivity index (χ1v) is 8.26. The predicted molar refractivity (Wildman–Crippen MR) is 95.9 cm³/mol. The van der Waals surface area contributed by atoms with Crippen LogP contribution in [-0.2, 0) is 17.8 Å². The standard InChI is InChI=1S/C19H22ClNO3/c1-4-23-17-7-5-6-14(11-19(22)21-3)15(17)12-24-18-9-8-13(2)10-16(18)20/h5-10H,4,11-12H2,1-3H3,(H,21,22). The van der Waals surface area contributed by atoms with Gasteiger partial charge < -0.3 is 14.8 Å². The Hall–Kier alpha value is -2.20. The van der Waals surface area contributed by atoms with Crippen LogP contribution in [-0.4, -0.2) is 19.6 Å². The van der Waals surface area contributed by atoms with E-state index in [1.165, 1.54) is 0 Å². The number of hydrogen-bond acceptors (Lipinski definition) is 3. The summed E-state index contributed by atoms with van der Waals surface area (Å²) in [4.78, 5) is 11.8. The maximum Gasteiger partial charge on any atom is 0.224 e. The first-order chi connectivity index (χ1) is 11.5. The molecule has 1 amide bonds. The van der Waals surface area contributed by atoms with Crippen LogP contribution in [0, 0.1) is 6.92 Å². The first-order valence-electron chi connectivity index (χ1n) is 7.88. The zero-order chi connectivity index (χ0) is 17.5. The third-order valence-electron chi connectivity index (χ3n) is 3.62. The van der Waals surface area contributed by atoms with Crippen LogP contribution in [0.5, 0.6) is 11.5 Å². The van der Waals surface area contributed by atoms with E-state index in [4.69, 9.17) is 21.1 Å². The van der Waals surface area contributed by atoms with Gasteiger partial charge in [-0.3, -0.25) is 4.79 Å². The fourth-order valence-electron chi connectivity index (χ4n) is 2.37. The normalized spacial score (nSPS) is 10.3. The van der Waals surface area contributed by atoms with Gasteiger partial charge in [0.2, 0.25) is 5.91 Å². The highest BCUT2D eigenvalue weighted by Crippen LogP contribution is 2.29. The Kier molecular flexibility index (Phi) is 6.50. The maximum absolute atomic E-state index is 11.8. The van der Waals surface area contributed by atoms with Crippen molar-refractivity contribution < 1.29 is 14.3 Å². The number of amides is 1. The highest BCUT2D eigenvalue weighted by Gasteiger charge is 2.14. The molecule has 24 heavy (non-hydrogen) atoms. The molecule has 0 spiro atoms. The minimum absolute atomic E-state index is 0.0572. The molecule has 0 aliphatic heterocycles. The topological polar surface area (TPSA) is 47.6 Å². The molecule has 2 rings (SSSR count). The lowest BCUT2D eigenvalue weighted by atomic mass is 10.0. The number of hydrogen-bond donors (Lipinski definition) is 1. The molecule has 5 heteroatoms. The second-order valence-corrected chi connectivity index (χ2v) is 5.81. The summed E-state index contributed by atoms with van der Waals surface area (Å²) >= 11 is 6.22. The van der Waals surface area contributed by atoms with Gasteiger partial charge in [0, 0.05) is 12.6 Å². The second-order valence-electron chi connectivity index (χ2n) is 5.40. The Morgan fingerprint density at radius 2 is 1.96 bits per heavy atom. The van der Waals surface area contributed by atoms with E-state index in [1.807, 2.05) is 50.2 Å². The van der Waals surface area contributed by atoms with E-state index >= 15 is 0 Å². The number of carbonyl (C=O) groups excluding carboxylic acids is 1. The third-order valence-corrected chi connectivity index (χ3v) is 3.91. The van der Waals surface area contributed by atoms with Crippen molar-refractivity contribution in [2.45, 2.75) is 26.9 Å². The molecule has 0 fully saturated rings. The summed E-state index contributed by atoms with van der Waals surface area (Å²) in [7, 11) is 1.62. The number of aryl methyl sites for hydroxylation is 1. The van der Waals surface area contributed by atoms with Crippen molar-refractivity contribution in [3.8, 4) is 11.5 Å². The lowest BCUT2D eigenvalue weighted by molar-refractivity contribution is -0.119. The van der Waals surface area contributed by atoms with Gasteiger partial charge in [-0.25, -0.2) is 0 Å². The average molecular weight is 348 g/mol. The third kappa shape index (κ3) is 4.65. The predicted octanol–water partition coefficient (Wildman–Crippen LogP) is 3.91. The number of likely N-dealkylation sites (N-methyl/N-ethyl adjacent to an activating group) is 1. The smallest absolute Gasteiger partial charge is 0.224 e. The van der Waals surface area contributed by atoms with E-state index < -0.39 is 0 Å². The molecule has 0 aliphatic carbocycles. The van der Waals surface area contributed by atoms with Gasteiger partial charge in [0.05, 0.1) is 18.1 Å². The lowest BCUT2D eigenvalue weighted by Crippen LogP contribution is -2.21. The zero-order valence-corrected chi connectivity index (χ0v) is 14.9. The molecule has 0 radical (unpaired) electrons. The molecule has 4 nitrogen and oxygen atoms in total. The van der Waals surface area contributed by atoms with Gasteiger partial charge in [0.25, 0.3) is 0 Å². The van der Waals surface area contributed by atoms with Crippen LogP contribution in [0.3, 0.4) is 0 Å². The number of halogens is 1. The van der Waals surface area contributed by atoms with E-state index in [-0.39, 0.29) is 18.9 Å². The fourth-order valence-corrected chi connectivity index (χ4v) is 2.66. The Morgan fingerprint density at radius 3 is 2.62 bits per heavy atom. The Morgan fingerprint density at radius 1 is 1.17 bits per heavy atom. The Bertz CT molecular complexity index is 716. The summed E-state index contributed by atoms with van der Waals surface area (Å²) in [6.45, 7) is 4.72. The van der Waals surface area contributed by atoms with Crippen LogP contribution in [0.4, 0.5) is 0 Å². The van der Waals surface area contributed by atoms with Crippen LogP contribution in [0.25, 0.3) is 0 Å². The maximum atomic E-state index is 11.8. The number of ether oxygens (including phenoxy) is 2. The van der Waals surface area contributed by atoms with E-state index in [9.17, 15) is 4.79 Å². The lowest BCUT2D eigenvalue weighted by Gasteiger charge is -2.16.